The van der Waals surface area contributed by atoms with Gasteiger partial charge in [0.15, 0.2) is 0 Å². The first kappa shape index (κ1) is 27.0. The van der Waals surface area contributed by atoms with Crippen molar-refractivity contribution in [2.24, 2.45) is 0 Å². The summed E-state index contributed by atoms with van der Waals surface area (Å²) in [4.78, 5) is 0. The zero-order chi connectivity index (χ0) is 26.5. The molecule has 0 radical (unpaired) electrons. The molecule has 2 aliphatic rings. The minimum atomic E-state index is -1.93. The number of hydrogen-bond acceptors (Lipinski definition) is 2. The Morgan fingerprint density at radius 2 is 0.917 bits per heavy atom. The monoisotopic (exact) mass is 518 g/mol. The van der Waals surface area contributed by atoms with Crippen LogP contribution in [0.4, 0.5) is 0 Å². The van der Waals surface area contributed by atoms with Crippen LogP contribution in [0, 0.1) is 0 Å². The van der Waals surface area contributed by atoms with Gasteiger partial charge in [-0.15, -0.1) is 0 Å². The van der Waals surface area contributed by atoms with E-state index in [9.17, 15) is 0 Å². The largest absolute Gasteiger partial charge is 0.546 e. The second kappa shape index (κ2) is 9.36. The van der Waals surface area contributed by atoms with E-state index in [2.05, 4.69) is 128 Å². The zero-order valence-corrected chi connectivity index (χ0v) is 26.2. The molecule has 0 unspecified atom stereocenters. The lowest BCUT2D eigenvalue weighted by atomic mass is 9.88. The maximum atomic E-state index is 6.96. The van der Waals surface area contributed by atoms with Crippen molar-refractivity contribution in [1.82, 2.24) is 0 Å². The SMILES string of the molecule is CC(C)(C)[Si](C)(C)OC1=Cc2ccccc2[C@@H]1CC[C@H]1C(O[Si](C)(C)C(C)(C)C)=Cc2ccccc21. The third-order valence-electron chi connectivity index (χ3n) is 9.13. The van der Waals surface area contributed by atoms with Gasteiger partial charge in [-0.2, -0.15) is 0 Å². The normalized spacial score (nSPS) is 19.9. The van der Waals surface area contributed by atoms with Crippen LogP contribution in [-0.2, 0) is 8.85 Å². The van der Waals surface area contributed by atoms with Crippen LogP contribution >= 0.6 is 0 Å². The smallest absolute Gasteiger partial charge is 0.250 e. The highest BCUT2D eigenvalue weighted by molar-refractivity contribution is 6.74. The fraction of sp³-hybridized carbons (Fsp3) is 0.500. The van der Waals surface area contributed by atoms with E-state index in [4.69, 9.17) is 8.85 Å². The molecule has 2 aliphatic carbocycles. The van der Waals surface area contributed by atoms with E-state index in [-0.39, 0.29) is 10.1 Å². The number of allylic oxidation sites excluding steroid dienone is 2. The molecule has 0 aliphatic heterocycles. The van der Waals surface area contributed by atoms with E-state index < -0.39 is 16.6 Å². The summed E-state index contributed by atoms with van der Waals surface area (Å²) in [5.41, 5.74) is 5.45. The Labute approximate surface area is 222 Å². The highest BCUT2D eigenvalue weighted by atomic mass is 28.4. The summed E-state index contributed by atoms with van der Waals surface area (Å²) >= 11 is 0. The van der Waals surface area contributed by atoms with E-state index >= 15 is 0 Å². The van der Waals surface area contributed by atoms with Gasteiger partial charge >= 0.3 is 0 Å². The maximum absolute atomic E-state index is 6.96. The summed E-state index contributed by atoms with van der Waals surface area (Å²) in [5, 5.41) is 0.342. The lowest BCUT2D eigenvalue weighted by Crippen LogP contribution is -2.41. The maximum Gasteiger partial charge on any atom is 0.250 e. The molecule has 2 aromatic rings. The molecule has 4 rings (SSSR count). The molecule has 0 saturated carbocycles. The van der Waals surface area contributed by atoms with Gasteiger partial charge in [-0.1, -0.05) is 90.1 Å². The van der Waals surface area contributed by atoms with Crippen LogP contribution < -0.4 is 0 Å². The highest BCUT2D eigenvalue weighted by Crippen LogP contribution is 2.49. The Hall–Kier alpha value is -2.05. The van der Waals surface area contributed by atoms with Crippen LogP contribution in [-0.4, -0.2) is 16.6 Å². The Balaban J connectivity index is 1.61. The minimum Gasteiger partial charge on any atom is -0.546 e. The van der Waals surface area contributed by atoms with Gasteiger partial charge in [0.05, 0.1) is 11.5 Å². The summed E-state index contributed by atoms with van der Waals surface area (Å²) < 4.78 is 13.9. The molecule has 0 N–H and O–H groups in total. The third kappa shape index (κ3) is 5.17. The molecule has 0 spiro atoms. The minimum absolute atomic E-state index is 0.171. The summed E-state index contributed by atoms with van der Waals surface area (Å²) in [6, 6.07) is 17.7. The number of benzene rings is 2. The van der Waals surface area contributed by atoms with Crippen LogP contribution in [0.1, 0.15) is 88.5 Å². The first-order valence-electron chi connectivity index (χ1n) is 13.6. The standard InChI is InChI=1S/C32H46O2Si2/c1-31(2,3)35(7,8)33-29-21-23-15-11-13-17-25(23)27(29)19-20-28-26-18-14-12-16-24(26)22-30(28)34-36(9,10)32(4,5)6/h11-18,21-22,27-28H,19-20H2,1-10H3/t27-,28+. The van der Waals surface area contributed by atoms with E-state index in [0.29, 0.717) is 11.8 Å². The van der Waals surface area contributed by atoms with Crippen LogP contribution in [0.5, 0.6) is 0 Å². The predicted octanol–water partition coefficient (Wildman–Crippen LogP) is 10.1. The summed E-state index contributed by atoms with van der Waals surface area (Å²) in [6.45, 7) is 23.4. The van der Waals surface area contributed by atoms with Crippen LogP contribution in [0.2, 0.25) is 36.3 Å². The molecule has 0 bridgehead atoms. The van der Waals surface area contributed by atoms with Gasteiger partial charge in [-0.25, -0.2) is 0 Å². The molecule has 0 heterocycles. The van der Waals surface area contributed by atoms with Crippen molar-refractivity contribution in [2.45, 2.75) is 102 Å². The van der Waals surface area contributed by atoms with Gasteiger partial charge in [-0.05, 0) is 83.5 Å². The van der Waals surface area contributed by atoms with Crippen LogP contribution in [0.15, 0.2) is 60.0 Å². The van der Waals surface area contributed by atoms with Crippen molar-refractivity contribution >= 4 is 28.8 Å². The molecular formula is C32H46O2Si2. The second-order valence-corrected chi connectivity index (χ2v) is 23.2. The Kier molecular flexibility index (Phi) is 7.02. The number of rotatable bonds is 7. The number of fused-ring (bicyclic) bond motifs is 2. The van der Waals surface area contributed by atoms with Crippen molar-refractivity contribution < 1.29 is 8.85 Å². The summed E-state index contributed by atoms with van der Waals surface area (Å²) in [5.74, 6) is 2.95. The molecular weight excluding hydrogens is 473 g/mol. The fourth-order valence-electron chi connectivity index (χ4n) is 4.76. The van der Waals surface area contributed by atoms with Gasteiger partial charge < -0.3 is 8.85 Å². The Morgan fingerprint density at radius 1 is 0.583 bits per heavy atom. The lowest BCUT2D eigenvalue weighted by molar-refractivity contribution is 0.331. The molecule has 2 atom stereocenters. The van der Waals surface area contributed by atoms with Gasteiger partial charge in [-0.3, -0.25) is 0 Å². The lowest BCUT2D eigenvalue weighted by Gasteiger charge is -2.39. The topological polar surface area (TPSA) is 18.5 Å². The van der Waals surface area contributed by atoms with Crippen LogP contribution in [0.3, 0.4) is 0 Å². The Bertz CT molecular complexity index is 1080. The van der Waals surface area contributed by atoms with Crippen molar-refractivity contribution in [3.8, 4) is 0 Å². The molecule has 36 heavy (non-hydrogen) atoms. The molecule has 2 aromatic carbocycles. The summed E-state index contributed by atoms with van der Waals surface area (Å²) in [6.07, 6.45) is 6.72. The van der Waals surface area contributed by atoms with Crippen molar-refractivity contribution in [1.29, 1.82) is 0 Å². The van der Waals surface area contributed by atoms with Gasteiger partial charge in [0.1, 0.15) is 0 Å². The molecule has 194 valence electrons. The average Bonchev–Trinajstić information content (AvgIpc) is 3.27. The van der Waals surface area contributed by atoms with Crippen LogP contribution in [0.25, 0.3) is 12.2 Å². The molecule has 4 heteroatoms. The molecule has 0 amide bonds. The second-order valence-electron chi connectivity index (χ2n) is 13.8. The molecule has 0 aromatic heterocycles. The average molecular weight is 519 g/mol. The predicted molar refractivity (Wildman–Crippen MR) is 160 cm³/mol. The molecule has 2 nitrogen and oxygen atoms in total. The Morgan fingerprint density at radius 3 is 1.25 bits per heavy atom. The van der Waals surface area contributed by atoms with Crippen molar-refractivity contribution in [2.75, 3.05) is 0 Å². The zero-order valence-electron chi connectivity index (χ0n) is 24.2. The number of hydrogen-bond donors (Lipinski definition) is 0. The fourth-order valence-corrected chi connectivity index (χ4v) is 6.95. The summed E-state index contributed by atoms with van der Waals surface area (Å²) in [7, 11) is -3.87. The van der Waals surface area contributed by atoms with Gasteiger partial charge in [0.25, 0.3) is 0 Å². The quantitative estimate of drug-likeness (QED) is 0.339. The van der Waals surface area contributed by atoms with Crippen molar-refractivity contribution in [3.63, 3.8) is 0 Å². The first-order chi connectivity index (χ1) is 16.6. The molecule has 0 fully saturated rings. The molecule has 0 saturated heterocycles. The van der Waals surface area contributed by atoms with E-state index in [0.717, 1.165) is 12.8 Å². The van der Waals surface area contributed by atoms with E-state index in [1.165, 1.54) is 33.8 Å². The third-order valence-corrected chi connectivity index (χ3v) is 17.8. The van der Waals surface area contributed by atoms with Gasteiger partial charge in [0, 0.05) is 11.8 Å². The van der Waals surface area contributed by atoms with Crippen molar-refractivity contribution in [3.05, 3.63) is 82.3 Å². The van der Waals surface area contributed by atoms with E-state index in [1.807, 2.05) is 0 Å². The first-order valence-corrected chi connectivity index (χ1v) is 19.4. The highest BCUT2D eigenvalue weighted by Gasteiger charge is 2.43. The van der Waals surface area contributed by atoms with Gasteiger partial charge in [0.2, 0.25) is 16.6 Å². The van der Waals surface area contributed by atoms with E-state index in [1.54, 1.807) is 0 Å².